The third kappa shape index (κ3) is 2.60. The Morgan fingerprint density at radius 1 is 0.895 bits per heavy atom. The van der Waals surface area contributed by atoms with Crippen LogP contribution in [0.25, 0.3) is 0 Å². The molecule has 0 saturated heterocycles. The Bertz CT molecular complexity index is 580. The zero-order valence-electron chi connectivity index (χ0n) is 10.6. The maximum Gasteiger partial charge on any atom is 0.246 e. The summed E-state index contributed by atoms with van der Waals surface area (Å²) in [6.45, 7) is 0. The molecular formula is C16H16N2O. The lowest BCUT2D eigenvalue weighted by Crippen LogP contribution is -2.39. The number of carbonyl (C=O) groups excluding carboxylic acids is 1. The van der Waals surface area contributed by atoms with E-state index in [0.717, 1.165) is 24.2 Å². The van der Waals surface area contributed by atoms with Crippen molar-refractivity contribution in [2.24, 2.45) is 0 Å². The number of rotatable bonds is 3. The second-order valence-corrected chi connectivity index (χ2v) is 4.76. The van der Waals surface area contributed by atoms with Crippen molar-refractivity contribution >= 4 is 17.3 Å². The van der Waals surface area contributed by atoms with Crippen LogP contribution < -0.4 is 10.6 Å². The average molecular weight is 252 g/mol. The minimum atomic E-state index is -0.157. The van der Waals surface area contributed by atoms with Crippen LogP contribution in [0.4, 0.5) is 11.4 Å². The van der Waals surface area contributed by atoms with Gasteiger partial charge in [0.2, 0.25) is 5.91 Å². The van der Waals surface area contributed by atoms with Crippen LogP contribution in [0.15, 0.2) is 54.6 Å². The number of anilines is 2. The third-order valence-electron chi connectivity index (χ3n) is 3.40. The summed E-state index contributed by atoms with van der Waals surface area (Å²) in [5, 5.41) is 6.25. The van der Waals surface area contributed by atoms with Crippen molar-refractivity contribution < 1.29 is 4.79 Å². The van der Waals surface area contributed by atoms with Crippen LogP contribution in [0.1, 0.15) is 12.0 Å². The first-order valence-electron chi connectivity index (χ1n) is 6.53. The monoisotopic (exact) mass is 252 g/mol. The van der Waals surface area contributed by atoms with Gasteiger partial charge >= 0.3 is 0 Å². The van der Waals surface area contributed by atoms with E-state index in [1.54, 1.807) is 0 Å². The molecule has 3 heteroatoms. The van der Waals surface area contributed by atoms with Crippen molar-refractivity contribution in [1.29, 1.82) is 0 Å². The number of para-hydroxylation sites is 2. The van der Waals surface area contributed by atoms with E-state index < -0.39 is 0 Å². The molecule has 0 aliphatic carbocycles. The van der Waals surface area contributed by atoms with Gasteiger partial charge in [-0.05, 0) is 30.5 Å². The smallest absolute Gasteiger partial charge is 0.246 e. The number of benzene rings is 2. The lowest BCUT2D eigenvalue weighted by Gasteiger charge is -2.26. The van der Waals surface area contributed by atoms with Gasteiger partial charge in [0.1, 0.15) is 6.04 Å². The summed E-state index contributed by atoms with van der Waals surface area (Å²) in [4.78, 5) is 12.0. The first kappa shape index (κ1) is 11.8. The highest BCUT2D eigenvalue weighted by atomic mass is 16.2. The van der Waals surface area contributed by atoms with Crippen molar-refractivity contribution in [2.75, 3.05) is 10.6 Å². The molecule has 1 amide bonds. The summed E-state index contributed by atoms with van der Waals surface area (Å²) < 4.78 is 0. The number of amides is 1. The molecular weight excluding hydrogens is 236 g/mol. The van der Waals surface area contributed by atoms with Crippen molar-refractivity contribution in [3.63, 3.8) is 0 Å². The van der Waals surface area contributed by atoms with E-state index in [9.17, 15) is 4.79 Å². The normalized spacial score (nSPS) is 17.3. The van der Waals surface area contributed by atoms with Gasteiger partial charge in [0.25, 0.3) is 0 Å². The molecule has 0 fully saturated rings. The van der Waals surface area contributed by atoms with Gasteiger partial charge < -0.3 is 10.6 Å². The predicted octanol–water partition coefficient (Wildman–Crippen LogP) is 3.05. The van der Waals surface area contributed by atoms with E-state index in [0.29, 0.717) is 0 Å². The van der Waals surface area contributed by atoms with Gasteiger partial charge in [-0.15, -0.1) is 0 Å². The van der Waals surface area contributed by atoms with Crippen LogP contribution in [0.3, 0.4) is 0 Å². The zero-order valence-corrected chi connectivity index (χ0v) is 10.6. The second-order valence-electron chi connectivity index (χ2n) is 4.76. The minimum Gasteiger partial charge on any atom is -0.372 e. The van der Waals surface area contributed by atoms with Crippen LogP contribution in [-0.4, -0.2) is 11.9 Å². The van der Waals surface area contributed by atoms with E-state index in [1.807, 2.05) is 42.5 Å². The molecule has 1 aliphatic rings. The predicted molar refractivity (Wildman–Crippen MR) is 77.2 cm³/mol. The molecule has 1 atom stereocenters. The van der Waals surface area contributed by atoms with Gasteiger partial charge in [-0.1, -0.05) is 42.5 Å². The van der Waals surface area contributed by atoms with Gasteiger partial charge in [-0.3, -0.25) is 4.79 Å². The van der Waals surface area contributed by atoms with E-state index in [4.69, 9.17) is 0 Å². The molecule has 3 rings (SSSR count). The number of hydrogen-bond acceptors (Lipinski definition) is 2. The zero-order chi connectivity index (χ0) is 13.1. The van der Waals surface area contributed by atoms with Gasteiger partial charge in [0.05, 0.1) is 11.4 Å². The maximum absolute atomic E-state index is 12.0. The van der Waals surface area contributed by atoms with Crippen LogP contribution in [-0.2, 0) is 11.2 Å². The van der Waals surface area contributed by atoms with E-state index >= 15 is 0 Å². The standard InChI is InChI=1S/C16H16N2O/c19-16-15(11-10-12-6-2-1-3-7-12)17-13-8-4-5-9-14(13)18-16/h1-9,15,17H,10-11H2,(H,18,19)/t15-/m0/s1. The number of nitrogens with one attached hydrogen (secondary N) is 2. The Hall–Kier alpha value is -2.29. The molecule has 2 N–H and O–H groups in total. The van der Waals surface area contributed by atoms with E-state index in [1.165, 1.54) is 5.56 Å². The lowest BCUT2D eigenvalue weighted by atomic mass is 10.0. The molecule has 0 spiro atoms. The van der Waals surface area contributed by atoms with Gasteiger partial charge in [0, 0.05) is 0 Å². The molecule has 2 aromatic carbocycles. The molecule has 3 nitrogen and oxygen atoms in total. The van der Waals surface area contributed by atoms with Gasteiger partial charge in [0.15, 0.2) is 0 Å². The van der Waals surface area contributed by atoms with E-state index in [2.05, 4.69) is 22.8 Å². The molecule has 1 heterocycles. The quantitative estimate of drug-likeness (QED) is 0.881. The Labute approximate surface area is 112 Å². The molecule has 96 valence electrons. The highest BCUT2D eigenvalue weighted by Crippen LogP contribution is 2.27. The summed E-state index contributed by atoms with van der Waals surface area (Å²) in [5.41, 5.74) is 3.12. The molecule has 0 radical (unpaired) electrons. The first-order chi connectivity index (χ1) is 9.33. The SMILES string of the molecule is O=C1Nc2ccccc2N[C@H]1CCc1ccccc1. The largest absolute Gasteiger partial charge is 0.372 e. The lowest BCUT2D eigenvalue weighted by molar-refractivity contribution is -0.117. The minimum absolute atomic E-state index is 0.0506. The van der Waals surface area contributed by atoms with Crippen molar-refractivity contribution in [1.82, 2.24) is 0 Å². The Morgan fingerprint density at radius 3 is 2.37 bits per heavy atom. The summed E-state index contributed by atoms with van der Waals surface area (Å²) in [5.74, 6) is 0.0506. The number of aryl methyl sites for hydroxylation is 1. The average Bonchev–Trinajstić information content (AvgIpc) is 2.46. The topological polar surface area (TPSA) is 41.1 Å². The fraction of sp³-hybridized carbons (Fsp3) is 0.188. The number of fused-ring (bicyclic) bond motifs is 1. The Kier molecular flexibility index (Phi) is 3.19. The summed E-state index contributed by atoms with van der Waals surface area (Å²) in [6.07, 6.45) is 1.69. The molecule has 1 aliphatic heterocycles. The second kappa shape index (κ2) is 5.14. The molecule has 19 heavy (non-hydrogen) atoms. The third-order valence-corrected chi connectivity index (χ3v) is 3.40. The summed E-state index contributed by atoms with van der Waals surface area (Å²) in [6, 6.07) is 17.9. The molecule has 0 bridgehead atoms. The summed E-state index contributed by atoms with van der Waals surface area (Å²) in [7, 11) is 0. The van der Waals surface area contributed by atoms with Crippen molar-refractivity contribution in [3.8, 4) is 0 Å². The molecule has 2 aromatic rings. The highest BCUT2D eigenvalue weighted by molar-refractivity contribution is 6.02. The molecule has 0 unspecified atom stereocenters. The van der Waals surface area contributed by atoms with Crippen molar-refractivity contribution in [3.05, 3.63) is 60.2 Å². The van der Waals surface area contributed by atoms with Crippen LogP contribution in [0.2, 0.25) is 0 Å². The van der Waals surface area contributed by atoms with Crippen molar-refractivity contribution in [2.45, 2.75) is 18.9 Å². The van der Waals surface area contributed by atoms with Crippen LogP contribution in [0, 0.1) is 0 Å². The molecule has 0 saturated carbocycles. The Morgan fingerprint density at radius 2 is 1.58 bits per heavy atom. The fourth-order valence-electron chi connectivity index (χ4n) is 2.35. The number of carbonyl (C=O) groups is 1. The molecule has 0 aromatic heterocycles. The Balaban J connectivity index is 1.68. The highest BCUT2D eigenvalue weighted by Gasteiger charge is 2.24. The van der Waals surface area contributed by atoms with Crippen LogP contribution in [0.5, 0.6) is 0 Å². The number of hydrogen-bond donors (Lipinski definition) is 2. The van der Waals surface area contributed by atoms with Gasteiger partial charge in [-0.2, -0.15) is 0 Å². The van der Waals surface area contributed by atoms with Crippen LogP contribution >= 0.6 is 0 Å². The fourth-order valence-corrected chi connectivity index (χ4v) is 2.35. The maximum atomic E-state index is 12.0. The van der Waals surface area contributed by atoms with E-state index in [-0.39, 0.29) is 11.9 Å². The summed E-state index contributed by atoms with van der Waals surface area (Å²) >= 11 is 0. The first-order valence-corrected chi connectivity index (χ1v) is 6.53. The van der Waals surface area contributed by atoms with Gasteiger partial charge in [-0.25, -0.2) is 0 Å².